The van der Waals surface area contributed by atoms with Gasteiger partial charge >= 0.3 is 0 Å². The zero-order chi connectivity index (χ0) is 27.5. The first-order valence-electron chi connectivity index (χ1n) is 13.7. The van der Waals surface area contributed by atoms with Gasteiger partial charge in [0.1, 0.15) is 23.9 Å². The second kappa shape index (κ2) is 11.1. The first kappa shape index (κ1) is 25.5. The van der Waals surface area contributed by atoms with Gasteiger partial charge in [-0.1, -0.05) is 43.2 Å². The SMILES string of the molecule is [C-]#[N+]C[C@H](C1CCCC1)n1cc(-c2ncnc3c2ccn3C(=O)C(C)c2cccc(Oc3ccccc3)c2)cn1. The van der Waals surface area contributed by atoms with Gasteiger partial charge in [0, 0.05) is 23.3 Å². The number of hydrogen-bond acceptors (Lipinski definition) is 5. The summed E-state index contributed by atoms with van der Waals surface area (Å²) in [7, 11) is 0. The van der Waals surface area contributed by atoms with Crippen LogP contribution in [0.2, 0.25) is 0 Å². The number of rotatable bonds is 8. The smallest absolute Gasteiger partial charge is 0.239 e. The summed E-state index contributed by atoms with van der Waals surface area (Å²) >= 11 is 0. The Morgan fingerprint density at radius 3 is 2.67 bits per heavy atom. The van der Waals surface area contributed by atoms with Crippen LogP contribution in [0.25, 0.3) is 27.1 Å². The number of para-hydroxylation sites is 1. The fourth-order valence-corrected chi connectivity index (χ4v) is 5.71. The van der Waals surface area contributed by atoms with E-state index in [2.05, 4.69) is 19.9 Å². The molecule has 1 fully saturated rings. The highest BCUT2D eigenvalue weighted by molar-refractivity contribution is 5.98. The number of ether oxygens (including phenoxy) is 1. The lowest BCUT2D eigenvalue weighted by Gasteiger charge is -2.18. The molecule has 2 aromatic carbocycles. The second-order valence-electron chi connectivity index (χ2n) is 10.4. The third-order valence-electron chi connectivity index (χ3n) is 7.86. The molecular weight excluding hydrogens is 500 g/mol. The van der Waals surface area contributed by atoms with Crippen LogP contribution in [-0.2, 0) is 0 Å². The highest BCUT2D eigenvalue weighted by Crippen LogP contribution is 2.36. The van der Waals surface area contributed by atoms with E-state index in [1.165, 1.54) is 19.2 Å². The normalized spacial score (nSPS) is 15.1. The van der Waals surface area contributed by atoms with Crippen molar-refractivity contribution >= 4 is 16.9 Å². The van der Waals surface area contributed by atoms with Gasteiger partial charge in [-0.05, 0) is 61.6 Å². The van der Waals surface area contributed by atoms with Crippen LogP contribution >= 0.6 is 0 Å². The van der Waals surface area contributed by atoms with Crippen LogP contribution in [0.4, 0.5) is 0 Å². The molecule has 8 nitrogen and oxygen atoms in total. The highest BCUT2D eigenvalue weighted by atomic mass is 16.5. The van der Waals surface area contributed by atoms with Crippen molar-refractivity contribution in [3.8, 4) is 22.8 Å². The van der Waals surface area contributed by atoms with Gasteiger partial charge in [0.15, 0.2) is 5.65 Å². The maximum absolute atomic E-state index is 13.7. The zero-order valence-electron chi connectivity index (χ0n) is 22.4. The highest BCUT2D eigenvalue weighted by Gasteiger charge is 2.30. The molecule has 0 radical (unpaired) electrons. The molecule has 1 saturated carbocycles. The van der Waals surface area contributed by atoms with E-state index < -0.39 is 5.92 Å². The van der Waals surface area contributed by atoms with E-state index in [-0.39, 0.29) is 11.9 Å². The Morgan fingerprint density at radius 1 is 1.07 bits per heavy atom. The van der Waals surface area contributed by atoms with Crippen LogP contribution in [-0.4, -0.2) is 36.8 Å². The van der Waals surface area contributed by atoms with Gasteiger partial charge in [0.05, 0.1) is 17.8 Å². The van der Waals surface area contributed by atoms with Crippen molar-refractivity contribution in [3.05, 3.63) is 103 Å². The summed E-state index contributed by atoms with van der Waals surface area (Å²) in [6, 6.07) is 19.1. The Labute approximate surface area is 233 Å². The van der Waals surface area contributed by atoms with E-state index in [9.17, 15) is 4.79 Å². The first-order chi connectivity index (χ1) is 19.6. The molecule has 40 heavy (non-hydrogen) atoms. The number of nitrogens with zero attached hydrogens (tertiary/aromatic N) is 6. The summed E-state index contributed by atoms with van der Waals surface area (Å²) in [5.74, 6) is 1.38. The molecule has 5 aromatic rings. The van der Waals surface area contributed by atoms with Crippen molar-refractivity contribution in [2.75, 3.05) is 6.54 Å². The molecule has 1 aliphatic rings. The summed E-state index contributed by atoms with van der Waals surface area (Å²) < 4.78 is 9.51. The molecule has 6 rings (SSSR count). The van der Waals surface area contributed by atoms with Crippen LogP contribution < -0.4 is 4.74 Å². The van der Waals surface area contributed by atoms with E-state index in [0.717, 1.165) is 40.8 Å². The van der Waals surface area contributed by atoms with E-state index in [1.54, 1.807) is 17.0 Å². The van der Waals surface area contributed by atoms with E-state index in [4.69, 9.17) is 11.3 Å². The molecule has 0 amide bonds. The lowest BCUT2D eigenvalue weighted by molar-refractivity contribution is 0.0889. The predicted molar refractivity (Wildman–Crippen MR) is 153 cm³/mol. The average molecular weight is 531 g/mol. The summed E-state index contributed by atoms with van der Waals surface area (Å²) in [5, 5.41) is 5.42. The minimum atomic E-state index is -0.420. The largest absolute Gasteiger partial charge is 0.457 e. The van der Waals surface area contributed by atoms with Crippen molar-refractivity contribution in [1.29, 1.82) is 0 Å². The Hall–Kier alpha value is -4.77. The van der Waals surface area contributed by atoms with Gasteiger partial charge in [-0.25, -0.2) is 16.5 Å². The quantitative estimate of drug-likeness (QED) is 0.199. The topological polar surface area (TPSA) is 79.2 Å². The molecule has 200 valence electrons. The van der Waals surface area contributed by atoms with Crippen molar-refractivity contribution < 1.29 is 9.53 Å². The Balaban J connectivity index is 1.26. The van der Waals surface area contributed by atoms with E-state index in [0.29, 0.717) is 23.9 Å². The van der Waals surface area contributed by atoms with Crippen molar-refractivity contribution in [2.24, 2.45) is 5.92 Å². The van der Waals surface area contributed by atoms with Crippen LogP contribution in [0.15, 0.2) is 85.6 Å². The minimum absolute atomic E-state index is 0.0692. The molecule has 8 heteroatoms. The molecule has 0 spiro atoms. The summed E-state index contributed by atoms with van der Waals surface area (Å²) in [6.07, 6.45) is 11.7. The fraction of sp³-hybridized carbons (Fsp3) is 0.281. The number of hydrogen-bond donors (Lipinski definition) is 0. The third kappa shape index (κ3) is 4.98. The fourth-order valence-electron chi connectivity index (χ4n) is 5.71. The van der Waals surface area contributed by atoms with Crippen molar-refractivity contribution in [2.45, 2.75) is 44.6 Å². The predicted octanol–water partition coefficient (Wildman–Crippen LogP) is 7.18. The standard InChI is InChI=1S/C32H30N6O2/c1-22(24-11-8-14-27(17-24)40-26-12-4-3-5-13-26)32(39)37-16-15-28-30(34-21-35-31(28)37)25-18-36-38(20-25)29(19-33-2)23-9-6-7-10-23/h3-5,8,11-18,20-23,29H,6-7,9-10,19H2,1H3/t22?,29-/m1/s1. The molecule has 0 aliphatic heterocycles. The summed E-state index contributed by atoms with van der Waals surface area (Å²) in [4.78, 5) is 26.4. The van der Waals surface area contributed by atoms with E-state index >= 15 is 0 Å². The lowest BCUT2D eigenvalue weighted by atomic mass is 9.98. The molecule has 1 aliphatic carbocycles. The lowest BCUT2D eigenvalue weighted by Crippen LogP contribution is -2.20. The Morgan fingerprint density at radius 2 is 1.88 bits per heavy atom. The van der Waals surface area contributed by atoms with Gasteiger partial charge in [-0.2, -0.15) is 5.10 Å². The zero-order valence-corrected chi connectivity index (χ0v) is 22.4. The third-order valence-corrected chi connectivity index (χ3v) is 7.86. The summed E-state index contributed by atoms with van der Waals surface area (Å²) in [6.45, 7) is 9.76. The number of fused-ring (bicyclic) bond motifs is 1. The molecule has 0 N–H and O–H groups in total. The van der Waals surface area contributed by atoms with Gasteiger partial charge in [0.2, 0.25) is 12.5 Å². The molecule has 1 unspecified atom stereocenters. The Bertz CT molecular complexity index is 1680. The molecule has 3 heterocycles. The first-order valence-corrected chi connectivity index (χ1v) is 13.7. The van der Waals surface area contributed by atoms with Gasteiger partial charge < -0.3 is 9.58 Å². The second-order valence-corrected chi connectivity index (χ2v) is 10.4. The van der Waals surface area contributed by atoms with Gasteiger partial charge in [-0.3, -0.25) is 14.0 Å². The Kier molecular flexibility index (Phi) is 7.11. The van der Waals surface area contributed by atoms with Gasteiger partial charge in [-0.15, -0.1) is 0 Å². The van der Waals surface area contributed by atoms with E-state index in [1.807, 2.05) is 78.5 Å². The van der Waals surface area contributed by atoms with Crippen molar-refractivity contribution in [1.82, 2.24) is 24.3 Å². The molecule has 0 bridgehead atoms. The molecule has 0 saturated heterocycles. The molecular formula is C32H30N6O2. The number of carbonyl (C=O) groups excluding carboxylic acids is 1. The molecule has 3 aromatic heterocycles. The monoisotopic (exact) mass is 530 g/mol. The minimum Gasteiger partial charge on any atom is -0.457 e. The number of benzene rings is 2. The van der Waals surface area contributed by atoms with Crippen LogP contribution in [0, 0.1) is 12.5 Å². The average Bonchev–Trinajstić information content (AvgIpc) is 3.77. The number of aromatic nitrogens is 5. The molecule has 2 atom stereocenters. The number of carbonyl (C=O) groups is 1. The van der Waals surface area contributed by atoms with Crippen LogP contribution in [0.1, 0.15) is 54.9 Å². The maximum Gasteiger partial charge on any atom is 0.239 e. The van der Waals surface area contributed by atoms with Crippen LogP contribution in [0.5, 0.6) is 11.5 Å². The van der Waals surface area contributed by atoms with Crippen LogP contribution in [0.3, 0.4) is 0 Å². The maximum atomic E-state index is 13.7. The van der Waals surface area contributed by atoms with Gasteiger partial charge in [0.25, 0.3) is 0 Å². The summed E-state index contributed by atoms with van der Waals surface area (Å²) in [5.41, 5.74) is 2.99. The van der Waals surface area contributed by atoms with Crippen molar-refractivity contribution in [3.63, 3.8) is 0 Å².